The quantitative estimate of drug-likeness (QED) is 0.112. The molecule has 0 spiro atoms. The van der Waals surface area contributed by atoms with Gasteiger partial charge in [0.2, 0.25) is 0 Å². The third-order valence-corrected chi connectivity index (χ3v) is 6.79. The zero-order valence-electron chi connectivity index (χ0n) is 35.6. The first-order valence-corrected chi connectivity index (χ1v) is 15.0. The summed E-state index contributed by atoms with van der Waals surface area (Å²) in [6.45, 7) is -14.6. The first-order valence-electron chi connectivity index (χ1n) is 20.0. The fourth-order valence-corrected chi connectivity index (χ4v) is 4.52. The van der Waals surface area contributed by atoms with Gasteiger partial charge in [0.05, 0.1) is 19.4 Å². The number of para-hydroxylation sites is 2. The highest BCUT2D eigenvalue weighted by molar-refractivity contribution is 5.99. The number of Topliss-reactive ketones (excluding diaryl/α,β-unsaturated/α-hetero) is 2. The van der Waals surface area contributed by atoms with Gasteiger partial charge in [-0.2, -0.15) is 0 Å². The number of ketones is 2. The van der Waals surface area contributed by atoms with Gasteiger partial charge in [-0.3, -0.25) is 14.5 Å². The molecule has 4 aromatic rings. The average Bonchev–Trinajstić information content (AvgIpc) is 3.15. The van der Waals surface area contributed by atoms with Crippen LogP contribution in [0.4, 0.5) is 0 Å². The van der Waals surface area contributed by atoms with Gasteiger partial charge in [0.1, 0.15) is 36.8 Å². The van der Waals surface area contributed by atoms with E-state index in [2.05, 4.69) is 0 Å². The molecule has 0 amide bonds. The van der Waals surface area contributed by atoms with Crippen LogP contribution in [-0.4, -0.2) is 71.5 Å². The van der Waals surface area contributed by atoms with Crippen LogP contribution in [0.2, 0.25) is 0 Å². The molecule has 0 heterocycles. The number of hydrogen-bond acceptors (Lipinski definition) is 7. The topological polar surface area (TPSA) is 96.3 Å². The van der Waals surface area contributed by atoms with Gasteiger partial charge < -0.3 is 19.7 Å². The van der Waals surface area contributed by atoms with Crippen molar-refractivity contribution in [3.8, 4) is 11.5 Å². The fourth-order valence-electron chi connectivity index (χ4n) is 4.52. The number of rotatable bonds is 20. The normalized spacial score (nSPS) is 18.3. The molecule has 0 aliphatic rings. The lowest BCUT2D eigenvalue weighted by Crippen LogP contribution is -2.42. The van der Waals surface area contributed by atoms with Crippen LogP contribution in [0, 0.1) is 0 Å². The summed E-state index contributed by atoms with van der Waals surface area (Å²) < 4.78 is 97.5. The number of aliphatic hydroxyl groups is 2. The third kappa shape index (κ3) is 11.2. The summed E-state index contributed by atoms with van der Waals surface area (Å²) >= 11 is 0. The Morgan fingerprint density at radius 1 is 0.674 bits per heavy atom. The molecule has 2 atom stereocenters. The molecule has 7 nitrogen and oxygen atoms in total. The highest BCUT2D eigenvalue weighted by Crippen LogP contribution is 2.22. The van der Waals surface area contributed by atoms with E-state index in [0.717, 1.165) is 11.1 Å². The van der Waals surface area contributed by atoms with E-state index < -0.39 is 67.9 Å². The Balaban J connectivity index is 1.61. The van der Waals surface area contributed by atoms with E-state index in [1.807, 2.05) is 36.4 Å². The molecule has 2 unspecified atom stereocenters. The lowest BCUT2D eigenvalue weighted by Gasteiger charge is -2.27. The molecule has 242 valence electrons. The summed E-state index contributed by atoms with van der Waals surface area (Å²) in [5.74, 6) is -1.86. The van der Waals surface area contributed by atoms with Crippen LogP contribution in [-0.2, 0) is 12.8 Å². The molecule has 0 radical (unpaired) electrons. The number of hydrogen-bond donors (Lipinski definition) is 2. The summed E-state index contributed by atoms with van der Waals surface area (Å²) in [5, 5.41) is 22.8. The van der Waals surface area contributed by atoms with Crippen LogP contribution < -0.4 is 9.47 Å². The summed E-state index contributed by atoms with van der Waals surface area (Å²) in [5.41, 5.74) is 1.45. The van der Waals surface area contributed by atoms with Crippen LogP contribution in [0.25, 0.3) is 0 Å². The molecule has 0 aromatic heterocycles. The molecular weight excluding hydrogens is 578 g/mol. The molecule has 0 fully saturated rings. The van der Waals surface area contributed by atoms with Gasteiger partial charge in [-0.25, -0.2) is 0 Å². The van der Waals surface area contributed by atoms with Crippen molar-refractivity contribution in [3.05, 3.63) is 131 Å². The van der Waals surface area contributed by atoms with Gasteiger partial charge >= 0.3 is 0 Å². The molecule has 0 aliphatic carbocycles. The molecule has 0 saturated carbocycles. The predicted molar refractivity (Wildman–Crippen MR) is 181 cm³/mol. The van der Waals surface area contributed by atoms with Crippen molar-refractivity contribution in [2.24, 2.45) is 0 Å². The first kappa shape index (κ1) is 23.1. The van der Waals surface area contributed by atoms with Crippen LogP contribution in [0.5, 0.6) is 11.5 Å². The van der Waals surface area contributed by atoms with E-state index in [4.69, 9.17) is 23.2 Å². The van der Waals surface area contributed by atoms with Crippen LogP contribution in [0.15, 0.2) is 109 Å². The summed E-state index contributed by atoms with van der Waals surface area (Å²) in [4.78, 5) is 26.4. The lowest BCUT2D eigenvalue weighted by atomic mass is 10.0. The van der Waals surface area contributed by atoms with Gasteiger partial charge in [0.25, 0.3) is 0 Å². The number of benzene rings is 4. The van der Waals surface area contributed by atoms with E-state index in [9.17, 15) is 19.8 Å². The maximum atomic E-state index is 13.2. The van der Waals surface area contributed by atoms with Crippen molar-refractivity contribution >= 4 is 11.6 Å². The maximum Gasteiger partial charge on any atom is 0.166 e. The molecule has 0 aliphatic heterocycles. The molecule has 2 N–H and O–H groups in total. The van der Waals surface area contributed by atoms with Crippen molar-refractivity contribution in [2.45, 2.75) is 51.2 Å². The van der Waals surface area contributed by atoms with E-state index >= 15 is 0 Å². The van der Waals surface area contributed by atoms with Gasteiger partial charge in [-0.15, -0.1) is 0 Å². The number of aryl methyl sites for hydroxylation is 2. The molecule has 4 rings (SSSR count). The van der Waals surface area contributed by atoms with E-state index in [1.165, 1.54) is 55.5 Å². The molecule has 7 heteroatoms. The molecule has 0 saturated heterocycles. The van der Waals surface area contributed by atoms with Crippen LogP contribution >= 0.6 is 0 Å². The Hall–Kier alpha value is -4.30. The third-order valence-electron chi connectivity index (χ3n) is 6.79. The Morgan fingerprint density at radius 3 is 1.48 bits per heavy atom. The minimum Gasteiger partial charge on any atom is -0.490 e. The molecule has 46 heavy (non-hydrogen) atoms. The highest BCUT2D eigenvalue weighted by Gasteiger charge is 2.19. The van der Waals surface area contributed by atoms with Crippen molar-refractivity contribution < 1.29 is 43.0 Å². The Morgan fingerprint density at radius 2 is 1.07 bits per heavy atom. The zero-order chi connectivity index (χ0) is 41.6. The SMILES string of the molecule is [2H]C([2H])(Oc1ccccc1C(=O)CCc1ccccc1)C([2H])(O)C([2H])([2H])N(CCC)C([2H])([2H])C([2H])(O)C([2H])([2H])Oc1ccccc1C(=O)CCc1ccccc1. The smallest absolute Gasteiger partial charge is 0.166 e. The van der Waals surface area contributed by atoms with Gasteiger partial charge in [-0.05, 0) is 61.2 Å². The highest BCUT2D eigenvalue weighted by atomic mass is 16.5. The monoisotopic (exact) mass is 633 g/mol. The van der Waals surface area contributed by atoms with E-state index in [1.54, 1.807) is 24.3 Å². The summed E-state index contributed by atoms with van der Waals surface area (Å²) in [6, 6.07) is 28.9. The van der Waals surface area contributed by atoms with Crippen molar-refractivity contribution in [2.75, 3.05) is 32.7 Å². The Bertz CT molecular complexity index is 1810. The first-order chi connectivity index (χ1) is 26.1. The summed E-state index contributed by atoms with van der Waals surface area (Å²) in [6.07, 6.45) is -7.71. The maximum absolute atomic E-state index is 13.2. The largest absolute Gasteiger partial charge is 0.490 e. The number of nitrogens with zero attached hydrogens (tertiary/aromatic N) is 1. The zero-order valence-corrected chi connectivity index (χ0v) is 25.6. The Kier molecular flexibility index (Phi) is 9.34. The van der Waals surface area contributed by atoms with Gasteiger partial charge in [0, 0.05) is 31.3 Å². The fraction of sp³-hybridized carbons (Fsp3) is 0.333. The van der Waals surface area contributed by atoms with Crippen molar-refractivity contribution in [1.82, 2.24) is 4.90 Å². The number of carbonyl (C=O) groups is 2. The van der Waals surface area contributed by atoms with E-state index in [-0.39, 0.29) is 35.3 Å². The molecular formula is C39H45NO6. The van der Waals surface area contributed by atoms with Crippen LogP contribution in [0.3, 0.4) is 0 Å². The second kappa shape index (κ2) is 18.6. The van der Waals surface area contributed by atoms with E-state index in [0.29, 0.717) is 12.8 Å². The minimum atomic E-state index is -4.08. The van der Waals surface area contributed by atoms with Crippen molar-refractivity contribution in [1.29, 1.82) is 0 Å². The number of ether oxygens (including phenoxy) is 2. The van der Waals surface area contributed by atoms with Crippen LogP contribution in [0.1, 0.15) is 71.7 Å². The average molecular weight is 634 g/mol. The number of carbonyl (C=O) groups excluding carboxylic acids is 2. The predicted octanol–water partition coefficient (Wildman–Crippen LogP) is 6.21. The van der Waals surface area contributed by atoms with Gasteiger partial charge in [-0.1, -0.05) is 91.9 Å². The van der Waals surface area contributed by atoms with Gasteiger partial charge in [0.15, 0.2) is 11.6 Å². The standard InChI is InChI=1S/C39H45NO6/c1-2-25-40(26-32(41)28-45-38-19-11-9-17-34(38)36(43)23-21-30-13-5-3-6-14-30)27-33(42)29-46-39-20-12-10-18-35(39)37(44)24-22-31-15-7-4-8-16-31/h3-20,32-33,41-42H,2,21-29H2,1H3/i26D2,27D2,28D2,29D2,32D,33D. The minimum absolute atomic E-state index is 0.0255. The second-order valence-corrected chi connectivity index (χ2v) is 10.3. The Labute approximate surface area is 286 Å². The molecule has 4 aromatic carbocycles. The van der Waals surface area contributed by atoms with Crippen molar-refractivity contribution in [3.63, 3.8) is 0 Å². The summed E-state index contributed by atoms with van der Waals surface area (Å²) in [7, 11) is 0. The second-order valence-electron chi connectivity index (χ2n) is 10.3. The lowest BCUT2D eigenvalue weighted by molar-refractivity contribution is 0.0310. The molecule has 0 bridgehead atoms.